The van der Waals surface area contributed by atoms with Gasteiger partial charge in [0.05, 0.1) is 5.92 Å². The van der Waals surface area contributed by atoms with Crippen molar-refractivity contribution in [1.82, 2.24) is 9.80 Å². The Morgan fingerprint density at radius 3 is 2.00 bits per heavy atom. The van der Waals surface area contributed by atoms with Crippen LogP contribution in [0.4, 0.5) is 14.9 Å². The molecule has 2 heterocycles. The van der Waals surface area contributed by atoms with E-state index in [1.165, 1.54) is 12.1 Å². The molecule has 0 radical (unpaired) electrons. The van der Waals surface area contributed by atoms with Gasteiger partial charge in [-0.15, -0.1) is 0 Å². The van der Waals surface area contributed by atoms with Crippen molar-refractivity contribution in [2.75, 3.05) is 44.2 Å². The van der Waals surface area contributed by atoms with Crippen LogP contribution in [0.15, 0.2) is 24.3 Å². The van der Waals surface area contributed by atoms with Crippen molar-refractivity contribution >= 4 is 17.7 Å². The van der Waals surface area contributed by atoms with Gasteiger partial charge in [0.1, 0.15) is 5.82 Å². The molecule has 0 bridgehead atoms. The maximum absolute atomic E-state index is 13.0. The second kappa shape index (κ2) is 7.07. The number of rotatable bonds is 2. The van der Waals surface area contributed by atoms with E-state index in [0.29, 0.717) is 52.1 Å². The highest BCUT2D eigenvalue weighted by atomic mass is 19.1. The van der Waals surface area contributed by atoms with Crippen LogP contribution in [0.1, 0.15) is 12.8 Å². The van der Waals surface area contributed by atoms with Crippen molar-refractivity contribution in [3.8, 4) is 0 Å². The number of carboxylic acid groups (broad SMARTS) is 1. The molecule has 6 nitrogen and oxygen atoms in total. The zero-order chi connectivity index (χ0) is 17.1. The van der Waals surface area contributed by atoms with Crippen molar-refractivity contribution in [1.29, 1.82) is 0 Å². The lowest BCUT2D eigenvalue weighted by molar-refractivity contribution is -0.143. The number of carbonyl (C=O) groups excluding carboxylic acids is 1. The molecule has 0 aromatic heterocycles. The number of urea groups is 1. The van der Waals surface area contributed by atoms with Crippen LogP contribution < -0.4 is 4.90 Å². The molecule has 2 aliphatic heterocycles. The van der Waals surface area contributed by atoms with Gasteiger partial charge in [-0.2, -0.15) is 0 Å². The summed E-state index contributed by atoms with van der Waals surface area (Å²) in [6.45, 7) is 3.68. The first-order chi connectivity index (χ1) is 11.5. The summed E-state index contributed by atoms with van der Waals surface area (Å²) in [5.74, 6) is -1.35. The predicted molar refractivity (Wildman–Crippen MR) is 87.5 cm³/mol. The molecule has 0 atom stereocenters. The second-order valence-corrected chi connectivity index (χ2v) is 6.33. The third-order valence-electron chi connectivity index (χ3n) is 4.86. The summed E-state index contributed by atoms with van der Waals surface area (Å²) >= 11 is 0. The number of benzene rings is 1. The molecule has 2 saturated heterocycles. The van der Waals surface area contributed by atoms with Crippen LogP contribution in [-0.4, -0.2) is 66.2 Å². The van der Waals surface area contributed by atoms with Crippen LogP contribution in [0.2, 0.25) is 0 Å². The van der Waals surface area contributed by atoms with Gasteiger partial charge in [0.25, 0.3) is 0 Å². The van der Waals surface area contributed by atoms with E-state index in [4.69, 9.17) is 5.11 Å². The Balaban J connectivity index is 1.50. The highest BCUT2D eigenvalue weighted by molar-refractivity contribution is 5.76. The summed E-state index contributed by atoms with van der Waals surface area (Å²) in [6, 6.07) is 6.39. The van der Waals surface area contributed by atoms with E-state index in [-0.39, 0.29) is 17.8 Å². The van der Waals surface area contributed by atoms with Crippen molar-refractivity contribution in [3.63, 3.8) is 0 Å². The van der Waals surface area contributed by atoms with Gasteiger partial charge in [0.2, 0.25) is 0 Å². The Labute approximate surface area is 140 Å². The highest BCUT2D eigenvalue weighted by Gasteiger charge is 2.30. The molecule has 2 aliphatic rings. The second-order valence-electron chi connectivity index (χ2n) is 6.33. The molecule has 1 aromatic rings. The molecule has 1 N–H and O–H groups in total. The molecule has 0 saturated carbocycles. The first-order valence-corrected chi connectivity index (χ1v) is 8.32. The monoisotopic (exact) mass is 335 g/mol. The molecule has 2 amide bonds. The van der Waals surface area contributed by atoms with Crippen LogP contribution in [0, 0.1) is 11.7 Å². The largest absolute Gasteiger partial charge is 0.481 e. The number of piperidine rings is 1. The zero-order valence-electron chi connectivity index (χ0n) is 13.5. The van der Waals surface area contributed by atoms with E-state index in [9.17, 15) is 14.0 Å². The highest BCUT2D eigenvalue weighted by Crippen LogP contribution is 2.20. The van der Waals surface area contributed by atoms with Crippen LogP contribution in [0.3, 0.4) is 0 Å². The fraction of sp³-hybridized carbons (Fsp3) is 0.529. The molecule has 0 spiro atoms. The number of hydrogen-bond donors (Lipinski definition) is 1. The summed E-state index contributed by atoms with van der Waals surface area (Å²) in [5.41, 5.74) is 0.964. The number of hydrogen-bond acceptors (Lipinski definition) is 3. The molecule has 3 rings (SSSR count). The predicted octanol–water partition coefficient (Wildman–Crippen LogP) is 1.86. The summed E-state index contributed by atoms with van der Waals surface area (Å²) in [7, 11) is 0. The fourth-order valence-corrected chi connectivity index (χ4v) is 3.33. The first kappa shape index (κ1) is 16.5. The average Bonchev–Trinajstić information content (AvgIpc) is 2.62. The SMILES string of the molecule is O=C(O)C1CCN(C(=O)N2CCN(c3ccc(F)cc3)CC2)CC1. The Kier molecular flexibility index (Phi) is 4.87. The van der Waals surface area contributed by atoms with Gasteiger partial charge in [-0.1, -0.05) is 0 Å². The number of carboxylic acids is 1. The lowest BCUT2D eigenvalue weighted by atomic mass is 9.97. The smallest absolute Gasteiger partial charge is 0.320 e. The van der Waals surface area contributed by atoms with Gasteiger partial charge in [-0.05, 0) is 37.1 Å². The van der Waals surface area contributed by atoms with Crippen molar-refractivity contribution < 1.29 is 19.1 Å². The standard InChI is InChI=1S/C17H22FN3O3/c18-14-1-3-15(4-2-14)19-9-11-21(12-10-19)17(24)20-7-5-13(6-8-20)16(22)23/h1-4,13H,5-12H2,(H,22,23). The molecule has 7 heteroatoms. The fourth-order valence-electron chi connectivity index (χ4n) is 3.33. The van der Waals surface area contributed by atoms with Crippen molar-refractivity contribution in [2.45, 2.75) is 12.8 Å². The van der Waals surface area contributed by atoms with Gasteiger partial charge in [0.15, 0.2) is 0 Å². The van der Waals surface area contributed by atoms with E-state index < -0.39 is 5.97 Å². The Morgan fingerprint density at radius 2 is 1.46 bits per heavy atom. The number of halogens is 1. The van der Waals surface area contributed by atoms with Gasteiger partial charge >= 0.3 is 12.0 Å². The molecule has 130 valence electrons. The number of nitrogens with zero attached hydrogens (tertiary/aromatic N) is 3. The average molecular weight is 335 g/mol. The van der Waals surface area contributed by atoms with E-state index in [0.717, 1.165) is 5.69 Å². The third-order valence-corrected chi connectivity index (χ3v) is 4.86. The molecule has 0 aliphatic carbocycles. The number of amides is 2. The van der Waals surface area contributed by atoms with E-state index >= 15 is 0 Å². The number of carbonyl (C=O) groups is 2. The summed E-state index contributed by atoms with van der Waals surface area (Å²) in [5, 5.41) is 9.02. The van der Waals surface area contributed by atoms with Crippen LogP contribution in [0.25, 0.3) is 0 Å². The van der Waals surface area contributed by atoms with Crippen LogP contribution >= 0.6 is 0 Å². The molecule has 24 heavy (non-hydrogen) atoms. The summed E-state index contributed by atoms with van der Waals surface area (Å²) in [4.78, 5) is 29.3. The number of aliphatic carboxylic acids is 1. The molecule has 1 aromatic carbocycles. The molecule has 2 fully saturated rings. The summed E-state index contributed by atoms with van der Waals surface area (Å²) in [6.07, 6.45) is 1.05. The normalized spacial score (nSPS) is 19.5. The van der Waals surface area contributed by atoms with Gasteiger partial charge in [0, 0.05) is 45.0 Å². The maximum Gasteiger partial charge on any atom is 0.320 e. The Hall–Kier alpha value is -2.31. The Bertz CT molecular complexity index is 592. The maximum atomic E-state index is 13.0. The minimum Gasteiger partial charge on any atom is -0.481 e. The van der Waals surface area contributed by atoms with E-state index in [1.54, 1.807) is 17.0 Å². The lowest BCUT2D eigenvalue weighted by Gasteiger charge is -2.40. The molecule has 0 unspecified atom stereocenters. The third kappa shape index (κ3) is 3.60. The minimum atomic E-state index is -0.769. The van der Waals surface area contributed by atoms with Crippen LogP contribution in [-0.2, 0) is 4.79 Å². The lowest BCUT2D eigenvalue weighted by Crippen LogP contribution is -2.54. The number of likely N-dealkylation sites (tertiary alicyclic amines) is 1. The quantitative estimate of drug-likeness (QED) is 0.896. The Morgan fingerprint density at radius 1 is 0.917 bits per heavy atom. The topological polar surface area (TPSA) is 64.1 Å². The van der Waals surface area contributed by atoms with E-state index in [1.807, 2.05) is 4.90 Å². The van der Waals surface area contributed by atoms with Gasteiger partial charge in [-0.25, -0.2) is 9.18 Å². The van der Waals surface area contributed by atoms with Crippen molar-refractivity contribution in [3.05, 3.63) is 30.1 Å². The molecular formula is C17H22FN3O3. The summed E-state index contributed by atoms with van der Waals surface area (Å²) < 4.78 is 13.0. The van der Waals surface area contributed by atoms with Gasteiger partial charge < -0.3 is 19.8 Å². The number of anilines is 1. The minimum absolute atomic E-state index is 0.00223. The zero-order valence-corrected chi connectivity index (χ0v) is 13.5. The van der Waals surface area contributed by atoms with Crippen molar-refractivity contribution in [2.24, 2.45) is 5.92 Å². The van der Waals surface area contributed by atoms with E-state index in [2.05, 4.69) is 4.90 Å². The van der Waals surface area contributed by atoms with Gasteiger partial charge in [-0.3, -0.25) is 4.79 Å². The molecular weight excluding hydrogens is 313 g/mol. The van der Waals surface area contributed by atoms with Crippen LogP contribution in [0.5, 0.6) is 0 Å². The first-order valence-electron chi connectivity index (χ1n) is 8.32. The number of piperazine rings is 1.